The number of aryl methyl sites for hydroxylation is 1. The number of halogens is 1. The normalized spacial score (nSPS) is 13.7. The highest BCUT2D eigenvalue weighted by Gasteiger charge is 2.35. The fraction of sp³-hybridized carbons (Fsp3) is 0.800. The number of nitrogens with one attached hydrogen (secondary N) is 1. The van der Waals surface area contributed by atoms with Crippen molar-refractivity contribution >= 4 is 11.6 Å². The highest BCUT2D eigenvalue weighted by atomic mass is 35.5. The molecule has 1 aromatic heterocycles. The van der Waals surface area contributed by atoms with Gasteiger partial charge in [-0.25, -0.2) is 0 Å². The molecular weight excluding hydrogens is 274 g/mol. The van der Waals surface area contributed by atoms with Gasteiger partial charge in [0.2, 0.25) is 0 Å². The Bertz CT molecular complexity index is 404. The average molecular weight is 302 g/mol. The summed E-state index contributed by atoms with van der Waals surface area (Å²) in [4.78, 5) is 0. The molecule has 1 aromatic rings. The van der Waals surface area contributed by atoms with E-state index in [1.54, 1.807) is 6.20 Å². The van der Waals surface area contributed by atoms with E-state index in [0.29, 0.717) is 11.6 Å². The molecule has 0 amide bonds. The van der Waals surface area contributed by atoms with Crippen molar-refractivity contribution in [1.82, 2.24) is 15.1 Å². The molecule has 1 rings (SSSR count). The lowest BCUT2D eigenvalue weighted by atomic mass is 9.95. The van der Waals surface area contributed by atoms with Crippen molar-refractivity contribution in [3.8, 4) is 0 Å². The van der Waals surface area contributed by atoms with Crippen LogP contribution in [0.4, 0.5) is 0 Å². The Morgan fingerprint density at radius 2 is 2.05 bits per heavy atom. The molecular formula is C15H28ClN3O. The third kappa shape index (κ3) is 4.21. The zero-order chi connectivity index (χ0) is 15.2. The summed E-state index contributed by atoms with van der Waals surface area (Å²) in [6.45, 7) is 13.0. The minimum atomic E-state index is -0.334. The second-order valence-electron chi connectivity index (χ2n) is 5.52. The van der Waals surface area contributed by atoms with Crippen molar-refractivity contribution in [2.24, 2.45) is 0 Å². The van der Waals surface area contributed by atoms with E-state index >= 15 is 0 Å². The highest BCUT2D eigenvalue weighted by Crippen LogP contribution is 2.33. The van der Waals surface area contributed by atoms with Crippen LogP contribution in [-0.2, 0) is 11.3 Å². The summed E-state index contributed by atoms with van der Waals surface area (Å²) in [5, 5.41) is 8.67. The van der Waals surface area contributed by atoms with Crippen molar-refractivity contribution < 1.29 is 4.74 Å². The molecule has 116 valence electrons. The van der Waals surface area contributed by atoms with Gasteiger partial charge >= 0.3 is 0 Å². The Balaban J connectivity index is 3.12. The van der Waals surface area contributed by atoms with Gasteiger partial charge < -0.3 is 10.1 Å². The molecule has 0 aliphatic heterocycles. The SMILES string of the molecule is CCCNC(c1c(Cl)cnn1CCC)C(C)(C)OCC. The lowest BCUT2D eigenvalue weighted by molar-refractivity contribution is -0.0411. The molecule has 0 aliphatic rings. The summed E-state index contributed by atoms with van der Waals surface area (Å²) in [6, 6.07) is 0.0314. The Labute approximate surface area is 127 Å². The largest absolute Gasteiger partial charge is 0.374 e. The summed E-state index contributed by atoms with van der Waals surface area (Å²) in [5.41, 5.74) is 0.694. The predicted molar refractivity (Wildman–Crippen MR) is 84.3 cm³/mol. The molecule has 0 aliphatic carbocycles. The Morgan fingerprint density at radius 3 is 2.60 bits per heavy atom. The molecule has 4 nitrogen and oxygen atoms in total. The summed E-state index contributed by atoms with van der Waals surface area (Å²) >= 11 is 6.38. The van der Waals surface area contributed by atoms with E-state index in [1.165, 1.54) is 0 Å². The zero-order valence-electron chi connectivity index (χ0n) is 13.4. The zero-order valence-corrected chi connectivity index (χ0v) is 14.1. The minimum Gasteiger partial charge on any atom is -0.374 e. The van der Waals surface area contributed by atoms with Crippen LogP contribution < -0.4 is 5.32 Å². The van der Waals surface area contributed by atoms with Crippen LogP contribution in [0.1, 0.15) is 59.2 Å². The van der Waals surface area contributed by atoms with Gasteiger partial charge in [0.25, 0.3) is 0 Å². The Kier molecular flexibility index (Phi) is 7.00. The van der Waals surface area contributed by atoms with Gasteiger partial charge in [0.05, 0.1) is 28.6 Å². The van der Waals surface area contributed by atoms with E-state index in [9.17, 15) is 0 Å². The number of nitrogens with zero attached hydrogens (tertiary/aromatic N) is 2. The van der Waals surface area contributed by atoms with Gasteiger partial charge in [0.1, 0.15) is 0 Å². The summed E-state index contributed by atoms with van der Waals surface area (Å²) in [6.07, 6.45) is 3.83. The van der Waals surface area contributed by atoms with Crippen LogP contribution in [0.25, 0.3) is 0 Å². The molecule has 0 fully saturated rings. The quantitative estimate of drug-likeness (QED) is 0.754. The van der Waals surface area contributed by atoms with E-state index in [2.05, 4.69) is 38.1 Å². The summed E-state index contributed by atoms with van der Waals surface area (Å²) < 4.78 is 7.93. The van der Waals surface area contributed by atoms with Crippen molar-refractivity contribution in [1.29, 1.82) is 0 Å². The minimum absolute atomic E-state index is 0.0314. The van der Waals surface area contributed by atoms with Gasteiger partial charge in [0.15, 0.2) is 0 Å². The monoisotopic (exact) mass is 301 g/mol. The van der Waals surface area contributed by atoms with Crippen LogP contribution in [0, 0.1) is 0 Å². The highest BCUT2D eigenvalue weighted by molar-refractivity contribution is 6.31. The lowest BCUT2D eigenvalue weighted by Crippen LogP contribution is -2.43. The number of aromatic nitrogens is 2. The van der Waals surface area contributed by atoms with E-state index in [-0.39, 0.29) is 11.6 Å². The van der Waals surface area contributed by atoms with Crippen LogP contribution in [0.5, 0.6) is 0 Å². The number of rotatable bonds is 9. The molecule has 1 unspecified atom stereocenters. The maximum Gasteiger partial charge on any atom is 0.0836 e. The molecule has 1 N–H and O–H groups in total. The van der Waals surface area contributed by atoms with E-state index in [1.807, 2.05) is 11.6 Å². The topological polar surface area (TPSA) is 39.1 Å². The molecule has 20 heavy (non-hydrogen) atoms. The number of ether oxygens (including phenoxy) is 1. The lowest BCUT2D eigenvalue weighted by Gasteiger charge is -2.35. The third-order valence-corrected chi connectivity index (χ3v) is 3.64. The van der Waals surface area contributed by atoms with E-state index in [4.69, 9.17) is 16.3 Å². The molecule has 0 aromatic carbocycles. The fourth-order valence-electron chi connectivity index (χ4n) is 2.46. The average Bonchev–Trinajstić information content (AvgIpc) is 2.72. The van der Waals surface area contributed by atoms with Gasteiger partial charge in [-0.2, -0.15) is 5.10 Å². The van der Waals surface area contributed by atoms with E-state index < -0.39 is 0 Å². The van der Waals surface area contributed by atoms with Crippen molar-refractivity contribution in [2.75, 3.05) is 13.2 Å². The van der Waals surface area contributed by atoms with E-state index in [0.717, 1.165) is 31.6 Å². The second kappa shape index (κ2) is 8.01. The van der Waals surface area contributed by atoms with Crippen molar-refractivity contribution in [3.63, 3.8) is 0 Å². The fourth-order valence-corrected chi connectivity index (χ4v) is 2.71. The predicted octanol–water partition coefficient (Wildman–Crippen LogP) is 3.80. The van der Waals surface area contributed by atoms with Crippen molar-refractivity contribution in [3.05, 3.63) is 16.9 Å². The van der Waals surface area contributed by atoms with Gasteiger partial charge in [-0.15, -0.1) is 0 Å². The Morgan fingerprint density at radius 1 is 1.35 bits per heavy atom. The van der Waals surface area contributed by atoms with Gasteiger partial charge in [-0.1, -0.05) is 25.4 Å². The molecule has 5 heteroatoms. The standard InChI is InChI=1S/C15H28ClN3O/c1-6-9-17-14(15(4,5)20-8-3)13-12(16)11-18-19(13)10-7-2/h11,14,17H,6-10H2,1-5H3. The van der Waals surface area contributed by atoms with Crippen LogP contribution in [0.2, 0.25) is 5.02 Å². The molecule has 1 atom stereocenters. The molecule has 0 spiro atoms. The molecule has 1 heterocycles. The van der Waals surface area contributed by atoms with Crippen LogP contribution in [0.15, 0.2) is 6.20 Å². The first-order valence-electron chi connectivity index (χ1n) is 7.56. The van der Waals surface area contributed by atoms with Crippen molar-refractivity contribution in [2.45, 2.75) is 65.6 Å². The smallest absolute Gasteiger partial charge is 0.0836 e. The molecule has 0 saturated carbocycles. The molecule has 0 bridgehead atoms. The van der Waals surface area contributed by atoms with Gasteiger partial charge in [-0.3, -0.25) is 4.68 Å². The summed E-state index contributed by atoms with van der Waals surface area (Å²) in [5.74, 6) is 0. The van der Waals surface area contributed by atoms with Crippen LogP contribution >= 0.6 is 11.6 Å². The first-order valence-corrected chi connectivity index (χ1v) is 7.94. The first kappa shape index (κ1) is 17.5. The second-order valence-corrected chi connectivity index (χ2v) is 5.93. The maximum atomic E-state index is 6.38. The van der Waals surface area contributed by atoms with Crippen LogP contribution in [0.3, 0.4) is 0 Å². The van der Waals surface area contributed by atoms with Gasteiger partial charge in [-0.05, 0) is 40.2 Å². The molecule has 0 saturated heterocycles. The van der Waals surface area contributed by atoms with Crippen LogP contribution in [-0.4, -0.2) is 28.5 Å². The maximum absolute atomic E-state index is 6.38. The Hall–Kier alpha value is -0.580. The third-order valence-electron chi connectivity index (χ3n) is 3.35. The number of hydrogen-bond acceptors (Lipinski definition) is 3. The number of hydrogen-bond donors (Lipinski definition) is 1. The van der Waals surface area contributed by atoms with Gasteiger partial charge in [0, 0.05) is 13.2 Å². The summed E-state index contributed by atoms with van der Waals surface area (Å²) in [7, 11) is 0. The molecule has 0 radical (unpaired) electrons. The first-order chi connectivity index (χ1) is 9.47.